The average molecular weight is 256 g/mol. The number of methoxy groups -OCH3 is 1. The number of anilines is 1. The van der Waals surface area contributed by atoms with Crippen LogP contribution < -0.4 is 4.90 Å². The number of ether oxygens (including phenoxy) is 1. The highest BCUT2D eigenvalue weighted by Gasteiger charge is 2.20. The Hall–Kier alpha value is -0.650. The molecule has 0 radical (unpaired) electrons. The van der Waals surface area contributed by atoms with Crippen LogP contribution in [0.1, 0.15) is 30.3 Å². The third kappa shape index (κ3) is 2.97. The molecule has 0 amide bonds. The first-order chi connectivity index (χ1) is 8.24. The second-order valence-electron chi connectivity index (χ2n) is 4.63. The van der Waals surface area contributed by atoms with E-state index in [-0.39, 0.29) is 6.61 Å². The van der Waals surface area contributed by atoms with Crippen LogP contribution in [0.15, 0.2) is 0 Å². The first-order valence-corrected chi connectivity index (χ1v) is 6.89. The second kappa shape index (κ2) is 5.80. The largest absolute Gasteiger partial charge is 0.391 e. The van der Waals surface area contributed by atoms with Crippen LogP contribution in [-0.2, 0) is 18.0 Å². The number of piperidine rings is 1. The van der Waals surface area contributed by atoms with Crippen molar-refractivity contribution in [2.24, 2.45) is 5.92 Å². The molecule has 1 aliphatic heterocycles. The van der Waals surface area contributed by atoms with Gasteiger partial charge in [-0.25, -0.2) is 4.98 Å². The molecule has 2 rings (SSSR count). The smallest absolute Gasteiger partial charge is 0.185 e. The molecule has 1 aromatic heterocycles. The lowest BCUT2D eigenvalue weighted by molar-refractivity contribution is 0.179. The van der Waals surface area contributed by atoms with Crippen molar-refractivity contribution in [1.29, 1.82) is 0 Å². The fourth-order valence-electron chi connectivity index (χ4n) is 2.08. The Morgan fingerprint density at radius 1 is 1.47 bits per heavy atom. The second-order valence-corrected chi connectivity index (χ2v) is 5.69. The van der Waals surface area contributed by atoms with Crippen molar-refractivity contribution < 1.29 is 9.84 Å². The Balaban J connectivity index is 2.10. The van der Waals surface area contributed by atoms with E-state index in [2.05, 4.69) is 16.8 Å². The van der Waals surface area contributed by atoms with Gasteiger partial charge in [-0.15, -0.1) is 0 Å². The minimum Gasteiger partial charge on any atom is -0.391 e. The Kier molecular flexibility index (Phi) is 4.36. The number of rotatable bonds is 4. The maximum Gasteiger partial charge on any atom is 0.185 e. The van der Waals surface area contributed by atoms with Crippen LogP contribution in [0.2, 0.25) is 0 Å². The van der Waals surface area contributed by atoms with Crippen molar-refractivity contribution in [1.82, 2.24) is 4.98 Å². The van der Waals surface area contributed by atoms with Gasteiger partial charge in [0, 0.05) is 20.2 Å². The standard InChI is InChI=1S/C12H20N2O2S/c1-9-3-5-14(6-4-9)12-13-10(8-16-2)11(7-15)17-12/h9,15H,3-8H2,1-2H3. The van der Waals surface area contributed by atoms with Crippen molar-refractivity contribution >= 4 is 16.5 Å². The lowest BCUT2D eigenvalue weighted by atomic mass is 10.00. The van der Waals surface area contributed by atoms with Crippen LogP contribution in [0.5, 0.6) is 0 Å². The van der Waals surface area contributed by atoms with Gasteiger partial charge in [0.2, 0.25) is 0 Å². The molecule has 0 unspecified atom stereocenters. The summed E-state index contributed by atoms with van der Waals surface area (Å²) in [7, 11) is 1.66. The molecular weight excluding hydrogens is 236 g/mol. The first-order valence-electron chi connectivity index (χ1n) is 6.08. The van der Waals surface area contributed by atoms with Crippen molar-refractivity contribution in [2.45, 2.75) is 33.0 Å². The number of aromatic nitrogens is 1. The summed E-state index contributed by atoms with van der Waals surface area (Å²) in [5, 5.41) is 10.3. The summed E-state index contributed by atoms with van der Waals surface area (Å²) in [4.78, 5) is 7.83. The molecule has 2 heterocycles. The number of nitrogens with zero attached hydrogens (tertiary/aromatic N) is 2. The molecule has 5 heteroatoms. The van der Waals surface area contributed by atoms with Gasteiger partial charge in [0.05, 0.1) is 23.8 Å². The summed E-state index contributed by atoms with van der Waals surface area (Å²) >= 11 is 1.59. The summed E-state index contributed by atoms with van der Waals surface area (Å²) in [6, 6.07) is 0. The molecule has 1 aromatic rings. The van der Waals surface area contributed by atoms with E-state index >= 15 is 0 Å². The molecule has 0 spiro atoms. The van der Waals surface area contributed by atoms with Crippen molar-refractivity contribution in [3.05, 3.63) is 10.6 Å². The van der Waals surface area contributed by atoms with Crippen LogP contribution in [0.25, 0.3) is 0 Å². The van der Waals surface area contributed by atoms with Crippen LogP contribution in [0.4, 0.5) is 5.13 Å². The van der Waals surface area contributed by atoms with E-state index in [1.54, 1.807) is 18.4 Å². The molecule has 4 nitrogen and oxygen atoms in total. The number of aliphatic hydroxyl groups excluding tert-OH is 1. The minimum atomic E-state index is 0.0562. The number of hydrogen-bond donors (Lipinski definition) is 1. The van der Waals surface area contributed by atoms with Crippen LogP contribution >= 0.6 is 11.3 Å². The van der Waals surface area contributed by atoms with Gasteiger partial charge in [0.15, 0.2) is 5.13 Å². The summed E-state index contributed by atoms with van der Waals surface area (Å²) in [5.74, 6) is 0.821. The molecule has 17 heavy (non-hydrogen) atoms. The van der Waals surface area contributed by atoms with Crippen LogP contribution in [0, 0.1) is 5.92 Å². The summed E-state index contributed by atoms with van der Waals surface area (Å²) in [5.41, 5.74) is 0.883. The van der Waals surface area contributed by atoms with E-state index < -0.39 is 0 Å². The highest BCUT2D eigenvalue weighted by atomic mass is 32.1. The minimum absolute atomic E-state index is 0.0562. The lowest BCUT2D eigenvalue weighted by Gasteiger charge is -2.29. The molecule has 0 saturated carbocycles. The quantitative estimate of drug-likeness (QED) is 0.895. The van der Waals surface area contributed by atoms with E-state index in [1.165, 1.54) is 12.8 Å². The summed E-state index contributed by atoms with van der Waals surface area (Å²) in [6.45, 7) is 4.99. The molecule has 1 saturated heterocycles. The molecule has 96 valence electrons. The molecule has 0 aliphatic carbocycles. The number of thiazole rings is 1. The predicted molar refractivity (Wildman–Crippen MR) is 69.4 cm³/mol. The maximum atomic E-state index is 9.30. The Morgan fingerprint density at radius 3 is 2.76 bits per heavy atom. The van der Waals surface area contributed by atoms with Crippen LogP contribution in [-0.4, -0.2) is 30.3 Å². The molecule has 1 N–H and O–H groups in total. The van der Waals surface area contributed by atoms with Crippen molar-refractivity contribution in [3.8, 4) is 0 Å². The van der Waals surface area contributed by atoms with E-state index in [9.17, 15) is 5.11 Å². The Morgan fingerprint density at radius 2 is 2.18 bits per heavy atom. The van der Waals surface area contributed by atoms with E-state index in [0.29, 0.717) is 6.61 Å². The van der Waals surface area contributed by atoms with Gasteiger partial charge in [-0.3, -0.25) is 0 Å². The lowest BCUT2D eigenvalue weighted by Crippen LogP contribution is -2.32. The third-order valence-corrected chi connectivity index (χ3v) is 4.39. The predicted octanol–water partition coefficient (Wildman–Crippen LogP) is 2.02. The molecule has 1 fully saturated rings. The van der Waals surface area contributed by atoms with Gasteiger partial charge < -0.3 is 14.7 Å². The molecular formula is C12H20N2O2S. The Labute approximate surface area is 106 Å². The summed E-state index contributed by atoms with van der Waals surface area (Å²) in [6.07, 6.45) is 2.46. The van der Waals surface area contributed by atoms with E-state index in [0.717, 1.165) is 34.7 Å². The van der Waals surface area contributed by atoms with Gasteiger partial charge in [-0.1, -0.05) is 18.3 Å². The van der Waals surface area contributed by atoms with Gasteiger partial charge >= 0.3 is 0 Å². The zero-order valence-electron chi connectivity index (χ0n) is 10.5. The molecule has 1 aliphatic rings. The van der Waals surface area contributed by atoms with Gasteiger partial charge in [-0.05, 0) is 18.8 Å². The van der Waals surface area contributed by atoms with Crippen LogP contribution in [0.3, 0.4) is 0 Å². The molecule has 0 atom stereocenters. The topological polar surface area (TPSA) is 45.6 Å². The fraction of sp³-hybridized carbons (Fsp3) is 0.750. The maximum absolute atomic E-state index is 9.30. The van der Waals surface area contributed by atoms with E-state index in [4.69, 9.17) is 4.74 Å². The summed E-state index contributed by atoms with van der Waals surface area (Å²) < 4.78 is 5.10. The SMILES string of the molecule is COCc1nc(N2CCC(C)CC2)sc1CO. The highest BCUT2D eigenvalue weighted by Crippen LogP contribution is 2.30. The normalized spacial score (nSPS) is 17.7. The van der Waals surface area contributed by atoms with Crippen molar-refractivity contribution in [2.75, 3.05) is 25.1 Å². The monoisotopic (exact) mass is 256 g/mol. The van der Waals surface area contributed by atoms with Gasteiger partial charge in [0.25, 0.3) is 0 Å². The number of hydrogen-bond acceptors (Lipinski definition) is 5. The molecule has 0 aromatic carbocycles. The molecule has 0 bridgehead atoms. The highest BCUT2D eigenvalue weighted by molar-refractivity contribution is 7.15. The first kappa shape index (κ1) is 12.8. The zero-order chi connectivity index (χ0) is 12.3. The van der Waals surface area contributed by atoms with Gasteiger partial charge in [0.1, 0.15) is 0 Å². The van der Waals surface area contributed by atoms with E-state index in [1.807, 2.05) is 0 Å². The average Bonchev–Trinajstić information content (AvgIpc) is 2.74. The van der Waals surface area contributed by atoms with Crippen molar-refractivity contribution in [3.63, 3.8) is 0 Å². The zero-order valence-corrected chi connectivity index (χ0v) is 11.3. The third-order valence-electron chi connectivity index (χ3n) is 3.25. The van der Waals surface area contributed by atoms with Gasteiger partial charge in [-0.2, -0.15) is 0 Å². The Bertz CT molecular complexity index is 359. The fourth-order valence-corrected chi connectivity index (χ4v) is 3.05. The number of aliphatic hydroxyl groups is 1.